The van der Waals surface area contributed by atoms with E-state index in [1.807, 2.05) is 0 Å². The maximum atomic E-state index is 11.3. The lowest BCUT2D eigenvalue weighted by atomic mass is 10.1. The van der Waals surface area contributed by atoms with Crippen molar-refractivity contribution in [3.8, 4) is 11.8 Å². The maximum Gasteiger partial charge on any atom is 0.296 e. The number of nitrogens with two attached hydrogens (primary N) is 1. The fraction of sp³-hybridized carbons (Fsp3) is 0.0909. The van der Waals surface area contributed by atoms with E-state index >= 15 is 0 Å². The molecule has 15 heavy (non-hydrogen) atoms. The first-order chi connectivity index (χ1) is 7.22. The Morgan fingerprint density at radius 2 is 2.13 bits per heavy atom. The van der Waals surface area contributed by atoms with Crippen molar-refractivity contribution in [2.75, 3.05) is 11.9 Å². The van der Waals surface area contributed by atoms with E-state index in [-0.39, 0.29) is 6.54 Å². The minimum absolute atomic E-state index is 0.266. The predicted molar refractivity (Wildman–Crippen MR) is 55.3 cm³/mol. The lowest BCUT2D eigenvalue weighted by molar-refractivity contribution is -0.112. The number of carbonyl (C=O) groups excluding carboxylic acids is 2. The normalized spacial score (nSPS) is 12.9. The van der Waals surface area contributed by atoms with Crippen LogP contribution < -0.4 is 11.1 Å². The van der Waals surface area contributed by atoms with Crippen LogP contribution in [0.15, 0.2) is 18.2 Å². The smallest absolute Gasteiger partial charge is 0.296 e. The monoisotopic (exact) mass is 200 g/mol. The van der Waals surface area contributed by atoms with E-state index in [0.717, 1.165) is 0 Å². The third kappa shape index (κ3) is 1.60. The van der Waals surface area contributed by atoms with E-state index in [9.17, 15) is 9.59 Å². The summed E-state index contributed by atoms with van der Waals surface area (Å²) in [7, 11) is 0. The largest absolute Gasteiger partial charge is 0.320 e. The molecule has 0 fully saturated rings. The highest BCUT2D eigenvalue weighted by Gasteiger charge is 2.27. The molecule has 1 amide bonds. The van der Waals surface area contributed by atoms with Gasteiger partial charge in [-0.05, 0) is 18.2 Å². The Balaban J connectivity index is 2.44. The number of nitrogens with one attached hydrogen (secondary N) is 1. The molecule has 4 nitrogen and oxygen atoms in total. The summed E-state index contributed by atoms with van der Waals surface area (Å²) in [4.78, 5) is 22.4. The van der Waals surface area contributed by atoms with E-state index in [2.05, 4.69) is 17.2 Å². The van der Waals surface area contributed by atoms with Crippen molar-refractivity contribution < 1.29 is 9.59 Å². The molecule has 0 radical (unpaired) electrons. The van der Waals surface area contributed by atoms with E-state index in [0.29, 0.717) is 16.8 Å². The van der Waals surface area contributed by atoms with Gasteiger partial charge in [0, 0.05) is 5.56 Å². The maximum absolute atomic E-state index is 11.3. The van der Waals surface area contributed by atoms with Crippen LogP contribution in [0.5, 0.6) is 0 Å². The molecule has 0 bridgehead atoms. The number of amides is 1. The molecule has 1 aliphatic rings. The third-order valence-electron chi connectivity index (χ3n) is 2.05. The highest BCUT2D eigenvalue weighted by Crippen LogP contribution is 2.23. The summed E-state index contributed by atoms with van der Waals surface area (Å²) >= 11 is 0. The third-order valence-corrected chi connectivity index (χ3v) is 2.05. The van der Waals surface area contributed by atoms with Crippen LogP contribution in [0.1, 0.15) is 15.9 Å². The minimum Gasteiger partial charge on any atom is -0.320 e. The highest BCUT2D eigenvalue weighted by molar-refractivity contribution is 6.51. The van der Waals surface area contributed by atoms with E-state index in [1.54, 1.807) is 18.2 Å². The van der Waals surface area contributed by atoms with Crippen molar-refractivity contribution in [2.24, 2.45) is 5.73 Å². The Kier molecular flexibility index (Phi) is 2.24. The molecule has 0 saturated carbocycles. The van der Waals surface area contributed by atoms with Crippen molar-refractivity contribution in [3.05, 3.63) is 29.3 Å². The van der Waals surface area contributed by atoms with Crippen LogP contribution in [-0.2, 0) is 4.79 Å². The first-order valence-electron chi connectivity index (χ1n) is 4.41. The van der Waals surface area contributed by atoms with Crippen molar-refractivity contribution in [2.45, 2.75) is 0 Å². The second-order valence-corrected chi connectivity index (χ2v) is 3.05. The Bertz CT molecular complexity index is 509. The van der Waals surface area contributed by atoms with Crippen LogP contribution in [0, 0.1) is 11.8 Å². The minimum atomic E-state index is -0.589. The summed E-state index contributed by atoms with van der Waals surface area (Å²) in [5, 5.41) is 2.47. The van der Waals surface area contributed by atoms with Gasteiger partial charge in [-0.1, -0.05) is 11.8 Å². The summed E-state index contributed by atoms with van der Waals surface area (Å²) in [6.07, 6.45) is 0. The number of rotatable bonds is 0. The quantitative estimate of drug-likeness (QED) is 0.462. The van der Waals surface area contributed by atoms with Crippen molar-refractivity contribution in [1.82, 2.24) is 0 Å². The molecule has 1 aromatic rings. The molecule has 2 rings (SSSR count). The Morgan fingerprint density at radius 1 is 1.33 bits per heavy atom. The number of Topliss-reactive ketones (excluding diaryl/α,β-unsaturated/α-hetero) is 1. The Morgan fingerprint density at radius 3 is 2.87 bits per heavy atom. The number of anilines is 1. The SMILES string of the molecule is NCC#Cc1ccc2c(c1)C(=O)C(=O)N2. The lowest BCUT2D eigenvalue weighted by Crippen LogP contribution is -2.12. The van der Waals surface area contributed by atoms with Gasteiger partial charge in [0.2, 0.25) is 0 Å². The zero-order chi connectivity index (χ0) is 10.8. The van der Waals surface area contributed by atoms with Gasteiger partial charge in [0.15, 0.2) is 0 Å². The summed E-state index contributed by atoms with van der Waals surface area (Å²) in [6, 6.07) is 5.00. The number of hydrogen-bond acceptors (Lipinski definition) is 3. The topological polar surface area (TPSA) is 72.2 Å². The van der Waals surface area contributed by atoms with Gasteiger partial charge in [-0.2, -0.15) is 0 Å². The van der Waals surface area contributed by atoms with E-state index < -0.39 is 11.7 Å². The number of carbonyl (C=O) groups is 2. The van der Waals surface area contributed by atoms with E-state index in [4.69, 9.17) is 5.73 Å². The number of fused-ring (bicyclic) bond motifs is 1. The molecular weight excluding hydrogens is 192 g/mol. The first-order valence-corrected chi connectivity index (χ1v) is 4.41. The summed E-state index contributed by atoms with van der Waals surface area (Å²) in [5.74, 6) is 4.38. The molecule has 1 aliphatic heterocycles. The van der Waals surface area contributed by atoms with E-state index in [1.165, 1.54) is 0 Å². The van der Waals surface area contributed by atoms with Crippen LogP contribution in [0.4, 0.5) is 5.69 Å². The zero-order valence-corrected chi connectivity index (χ0v) is 7.83. The average Bonchev–Trinajstić information content (AvgIpc) is 2.52. The molecule has 74 valence electrons. The van der Waals surface area contributed by atoms with Crippen LogP contribution in [-0.4, -0.2) is 18.2 Å². The Labute approximate surface area is 86.5 Å². The van der Waals surface area contributed by atoms with Crippen LogP contribution >= 0.6 is 0 Å². The van der Waals surface area contributed by atoms with Crippen LogP contribution in [0.25, 0.3) is 0 Å². The number of hydrogen-bond donors (Lipinski definition) is 2. The van der Waals surface area contributed by atoms with Gasteiger partial charge in [0.25, 0.3) is 11.7 Å². The molecule has 0 saturated heterocycles. The van der Waals surface area contributed by atoms with Gasteiger partial charge < -0.3 is 11.1 Å². The highest BCUT2D eigenvalue weighted by atomic mass is 16.2. The second kappa shape index (κ2) is 3.56. The molecule has 1 heterocycles. The van der Waals surface area contributed by atoms with Gasteiger partial charge in [0.05, 0.1) is 17.8 Å². The summed E-state index contributed by atoms with van der Waals surface area (Å²) in [5.41, 5.74) is 6.84. The molecule has 4 heteroatoms. The van der Waals surface area contributed by atoms with Crippen LogP contribution in [0.2, 0.25) is 0 Å². The van der Waals surface area contributed by atoms with Gasteiger partial charge in [0.1, 0.15) is 0 Å². The summed E-state index contributed by atoms with van der Waals surface area (Å²) in [6.45, 7) is 0.266. The van der Waals surface area contributed by atoms with Gasteiger partial charge in [-0.3, -0.25) is 9.59 Å². The molecule has 0 aromatic heterocycles. The molecular formula is C11H8N2O2. The van der Waals surface area contributed by atoms with Crippen molar-refractivity contribution in [3.63, 3.8) is 0 Å². The number of benzene rings is 1. The molecule has 3 N–H and O–H groups in total. The summed E-state index contributed by atoms with van der Waals surface area (Å²) < 4.78 is 0. The lowest BCUT2D eigenvalue weighted by Gasteiger charge is -1.96. The molecule has 1 aromatic carbocycles. The van der Waals surface area contributed by atoms with Crippen molar-refractivity contribution in [1.29, 1.82) is 0 Å². The fourth-order valence-corrected chi connectivity index (χ4v) is 1.37. The standard InChI is InChI=1S/C11H8N2O2/c12-5-1-2-7-3-4-9-8(6-7)10(14)11(15)13-9/h3-4,6H,5,12H2,(H,13,14,15). The Hall–Kier alpha value is -2.12. The second-order valence-electron chi connectivity index (χ2n) is 3.05. The van der Waals surface area contributed by atoms with Gasteiger partial charge in [-0.15, -0.1) is 0 Å². The average molecular weight is 200 g/mol. The first kappa shape index (κ1) is 9.44. The fourth-order valence-electron chi connectivity index (χ4n) is 1.37. The number of ketones is 1. The molecule has 0 atom stereocenters. The van der Waals surface area contributed by atoms with Gasteiger partial charge >= 0.3 is 0 Å². The predicted octanol–water partition coefficient (Wildman–Crippen LogP) is 0.132. The van der Waals surface area contributed by atoms with Crippen molar-refractivity contribution >= 4 is 17.4 Å². The van der Waals surface area contributed by atoms with Gasteiger partial charge in [-0.25, -0.2) is 0 Å². The molecule has 0 aliphatic carbocycles. The van der Waals surface area contributed by atoms with Crippen LogP contribution in [0.3, 0.4) is 0 Å². The molecule has 0 spiro atoms. The molecule has 0 unspecified atom stereocenters. The zero-order valence-electron chi connectivity index (χ0n) is 7.83.